The third kappa shape index (κ3) is 4.73. The van der Waals surface area contributed by atoms with Gasteiger partial charge >= 0.3 is 0 Å². The van der Waals surface area contributed by atoms with Crippen LogP contribution in [0, 0.1) is 12.3 Å². The van der Waals surface area contributed by atoms with Gasteiger partial charge in [-0.2, -0.15) is 4.99 Å². The number of fused-ring (bicyclic) bond motifs is 1. The summed E-state index contributed by atoms with van der Waals surface area (Å²) in [5, 5.41) is 9.58. The third-order valence-electron chi connectivity index (χ3n) is 5.09. The lowest BCUT2D eigenvalue weighted by Crippen LogP contribution is -2.38. The second-order valence-corrected chi connectivity index (χ2v) is 7.59. The molecule has 176 valence electrons. The number of carbonyl (C=O) groups excluding carboxylic acids is 1. The van der Waals surface area contributed by atoms with Crippen LogP contribution in [0.4, 0.5) is 0 Å². The molecule has 0 aromatic heterocycles. The van der Waals surface area contributed by atoms with Crippen LogP contribution in [-0.4, -0.2) is 50.1 Å². The van der Waals surface area contributed by atoms with E-state index in [4.69, 9.17) is 29.2 Å². The summed E-state index contributed by atoms with van der Waals surface area (Å²) in [6.45, 7) is 4.33. The van der Waals surface area contributed by atoms with E-state index in [1.807, 2.05) is 31.2 Å². The third-order valence-corrected chi connectivity index (χ3v) is 5.09. The number of ether oxygens (including phenoxy) is 4. The number of hydroxylamine groups is 2. The first-order chi connectivity index (χ1) is 16.4. The molecule has 0 spiro atoms. The molecule has 0 saturated carbocycles. The van der Waals surface area contributed by atoms with E-state index in [2.05, 4.69) is 4.99 Å². The molecule has 0 radical (unpaired) electrons. The normalized spacial score (nSPS) is 16.0. The molecular formula is C25H25N3O6. The smallest absolute Gasteiger partial charge is 0.282 e. The lowest BCUT2D eigenvalue weighted by atomic mass is 10.1. The number of aryl methyl sites for hydroxylation is 1. The molecular weight excluding hydrogens is 438 g/mol. The van der Waals surface area contributed by atoms with E-state index in [1.54, 1.807) is 25.1 Å². The first-order valence-corrected chi connectivity index (χ1v) is 10.6. The predicted octanol–water partition coefficient (Wildman–Crippen LogP) is 3.92. The van der Waals surface area contributed by atoms with E-state index >= 15 is 0 Å². The molecule has 2 aliphatic heterocycles. The summed E-state index contributed by atoms with van der Waals surface area (Å²) >= 11 is 0. The molecule has 2 aliphatic rings. The Morgan fingerprint density at radius 1 is 1.03 bits per heavy atom. The zero-order valence-corrected chi connectivity index (χ0v) is 19.4. The molecule has 0 saturated heterocycles. The number of allylic oxidation sites excluding steroid dienone is 1. The van der Waals surface area contributed by atoms with E-state index < -0.39 is 5.91 Å². The number of aliphatic imine (C=N–C) groups is 1. The number of amidine groups is 2. The van der Waals surface area contributed by atoms with Gasteiger partial charge in [-0.15, -0.1) is 5.06 Å². The number of nitrogens with zero attached hydrogens (tertiary/aromatic N) is 2. The van der Waals surface area contributed by atoms with Crippen molar-refractivity contribution in [3.8, 4) is 23.0 Å². The summed E-state index contributed by atoms with van der Waals surface area (Å²) in [5.74, 6) is 2.20. The Morgan fingerprint density at radius 2 is 1.68 bits per heavy atom. The average molecular weight is 463 g/mol. The molecule has 34 heavy (non-hydrogen) atoms. The van der Waals surface area contributed by atoms with Gasteiger partial charge in [0.05, 0.1) is 19.8 Å². The summed E-state index contributed by atoms with van der Waals surface area (Å²) in [7, 11) is 3.02. The molecule has 0 atom stereocenters. The van der Waals surface area contributed by atoms with Crippen molar-refractivity contribution in [2.24, 2.45) is 4.99 Å². The Kier molecular flexibility index (Phi) is 6.53. The van der Waals surface area contributed by atoms with Crippen LogP contribution in [0.3, 0.4) is 0 Å². The number of rotatable bonds is 8. The fourth-order valence-corrected chi connectivity index (χ4v) is 3.43. The minimum atomic E-state index is -0.530. The van der Waals surface area contributed by atoms with Gasteiger partial charge in [-0.25, -0.2) is 0 Å². The van der Waals surface area contributed by atoms with E-state index in [1.165, 1.54) is 25.4 Å². The maximum absolute atomic E-state index is 12.5. The Morgan fingerprint density at radius 3 is 2.32 bits per heavy atom. The van der Waals surface area contributed by atoms with Gasteiger partial charge < -0.3 is 23.8 Å². The van der Waals surface area contributed by atoms with Crippen molar-refractivity contribution < 1.29 is 28.6 Å². The molecule has 9 nitrogen and oxygen atoms in total. The van der Waals surface area contributed by atoms with Gasteiger partial charge in [-0.1, -0.05) is 17.7 Å². The molecule has 9 heteroatoms. The Hall–Kier alpha value is -4.27. The average Bonchev–Trinajstić information content (AvgIpc) is 3.20. The first-order valence-electron chi connectivity index (χ1n) is 10.6. The van der Waals surface area contributed by atoms with Crippen molar-refractivity contribution in [2.45, 2.75) is 13.8 Å². The Bertz CT molecular complexity index is 1190. The lowest BCUT2D eigenvalue weighted by molar-refractivity contribution is -0.114. The zero-order chi connectivity index (χ0) is 24.2. The molecule has 0 aliphatic carbocycles. The summed E-state index contributed by atoms with van der Waals surface area (Å²) in [6.07, 6.45) is 3.14. The summed E-state index contributed by atoms with van der Waals surface area (Å²) < 4.78 is 22.6. The molecule has 1 amide bonds. The second kappa shape index (κ2) is 9.70. The highest BCUT2D eigenvalue weighted by Gasteiger charge is 2.34. The molecule has 0 unspecified atom stereocenters. The predicted molar refractivity (Wildman–Crippen MR) is 127 cm³/mol. The maximum Gasteiger partial charge on any atom is 0.282 e. The van der Waals surface area contributed by atoms with Crippen molar-refractivity contribution >= 4 is 23.7 Å². The van der Waals surface area contributed by atoms with Crippen LogP contribution >= 0.6 is 0 Å². The molecule has 1 N–H and O–H groups in total. The van der Waals surface area contributed by atoms with Crippen LogP contribution in [0.2, 0.25) is 0 Å². The van der Waals surface area contributed by atoms with Gasteiger partial charge in [0, 0.05) is 6.08 Å². The van der Waals surface area contributed by atoms with Crippen LogP contribution in [-0.2, 0) is 9.63 Å². The van der Waals surface area contributed by atoms with Crippen molar-refractivity contribution in [2.75, 3.05) is 27.4 Å². The van der Waals surface area contributed by atoms with Gasteiger partial charge in [-0.05, 0) is 49.8 Å². The highest BCUT2D eigenvalue weighted by Crippen LogP contribution is 2.39. The van der Waals surface area contributed by atoms with Crippen molar-refractivity contribution in [3.63, 3.8) is 0 Å². The Labute approximate surface area is 197 Å². The molecule has 2 aromatic rings. The highest BCUT2D eigenvalue weighted by atomic mass is 16.7. The minimum Gasteiger partial charge on any atom is -0.493 e. The lowest BCUT2D eigenvalue weighted by Gasteiger charge is -2.23. The van der Waals surface area contributed by atoms with Crippen molar-refractivity contribution in [3.05, 3.63) is 64.9 Å². The number of hydrogen-bond acceptors (Lipinski definition) is 7. The largest absolute Gasteiger partial charge is 0.493 e. The second-order valence-electron chi connectivity index (χ2n) is 7.59. The van der Waals surface area contributed by atoms with Crippen molar-refractivity contribution in [1.29, 1.82) is 5.41 Å². The zero-order valence-electron chi connectivity index (χ0n) is 19.4. The van der Waals surface area contributed by atoms with E-state index in [0.717, 1.165) is 11.3 Å². The molecule has 4 rings (SSSR count). The number of nitrogens with one attached hydrogen (secondary N) is 1. The van der Waals surface area contributed by atoms with Crippen LogP contribution in [0.15, 0.2) is 58.8 Å². The fourth-order valence-electron chi connectivity index (χ4n) is 3.43. The number of methoxy groups -OCH3 is 2. The van der Waals surface area contributed by atoms with Gasteiger partial charge in [0.2, 0.25) is 5.75 Å². The van der Waals surface area contributed by atoms with Gasteiger partial charge in [0.15, 0.2) is 23.2 Å². The Balaban J connectivity index is 1.51. The van der Waals surface area contributed by atoms with Gasteiger partial charge in [0.1, 0.15) is 24.7 Å². The van der Waals surface area contributed by atoms with Gasteiger partial charge in [-0.3, -0.25) is 10.2 Å². The number of benzene rings is 2. The van der Waals surface area contributed by atoms with Crippen LogP contribution in [0.25, 0.3) is 6.08 Å². The number of hydrogen-bond donors (Lipinski definition) is 1. The summed E-state index contributed by atoms with van der Waals surface area (Å²) in [5.41, 5.74) is 1.81. The monoisotopic (exact) mass is 463 g/mol. The highest BCUT2D eigenvalue weighted by molar-refractivity contribution is 6.32. The summed E-state index contributed by atoms with van der Waals surface area (Å²) in [4.78, 5) is 22.0. The van der Waals surface area contributed by atoms with Crippen LogP contribution in [0.5, 0.6) is 23.0 Å². The van der Waals surface area contributed by atoms with Crippen LogP contribution < -0.4 is 18.9 Å². The fraction of sp³-hybridized carbons (Fsp3) is 0.240. The molecule has 2 heterocycles. The van der Waals surface area contributed by atoms with E-state index in [0.29, 0.717) is 35.2 Å². The molecule has 0 fully saturated rings. The first kappa shape index (κ1) is 22.9. The minimum absolute atomic E-state index is 0.0797. The summed E-state index contributed by atoms with van der Waals surface area (Å²) in [6, 6.07) is 11.2. The van der Waals surface area contributed by atoms with E-state index in [-0.39, 0.29) is 23.9 Å². The maximum atomic E-state index is 12.5. The topological polar surface area (TPSA) is 103 Å². The van der Waals surface area contributed by atoms with Crippen LogP contribution in [0.1, 0.15) is 18.1 Å². The quantitative estimate of drug-likeness (QED) is 0.468. The number of amides is 1. The standard InChI is InChI=1S/C25H25N3O6/c1-15-5-7-18(8-6-15)32-9-10-33-23-20(30-3)13-17(14-21(23)31-4)12-19-24(26)28-22(27-25(19)29)11-16(2)34-28/h5-8,11-14,26H,9-10H2,1-4H3/b19-12+,26-24?. The number of carbonyl (C=O) groups is 1. The van der Waals surface area contributed by atoms with Gasteiger partial charge in [0.25, 0.3) is 5.91 Å². The molecule has 0 bridgehead atoms. The van der Waals surface area contributed by atoms with E-state index in [9.17, 15) is 4.79 Å². The SMILES string of the molecule is COc1cc(/C=C2\C(=N)N3OC(C)=CC3=NC2=O)cc(OC)c1OCCOc1ccc(C)cc1. The molecule has 2 aromatic carbocycles. The van der Waals surface area contributed by atoms with Crippen molar-refractivity contribution in [1.82, 2.24) is 5.06 Å².